The molecule has 0 saturated heterocycles. The summed E-state index contributed by atoms with van der Waals surface area (Å²) in [6, 6.07) is 21.0. The monoisotopic (exact) mass is 349 g/mol. The lowest BCUT2D eigenvalue weighted by molar-refractivity contribution is 0.752. The molecule has 0 aliphatic rings. The van der Waals surface area contributed by atoms with Gasteiger partial charge < -0.3 is 0 Å². The fourth-order valence-corrected chi connectivity index (χ4v) is 3.51. The van der Waals surface area contributed by atoms with E-state index >= 15 is 0 Å². The van der Waals surface area contributed by atoms with Crippen molar-refractivity contribution in [3.63, 3.8) is 0 Å². The Hall–Kier alpha value is -2.46. The summed E-state index contributed by atoms with van der Waals surface area (Å²) >= 11 is 1.63. The largest absolute Gasteiger partial charge is 0.255 e. The Balaban J connectivity index is 2.01. The second-order valence-electron chi connectivity index (χ2n) is 6.27. The summed E-state index contributed by atoms with van der Waals surface area (Å²) in [6.07, 6.45) is 1.99. The van der Waals surface area contributed by atoms with Crippen molar-refractivity contribution in [1.82, 2.24) is 4.68 Å². The third-order valence-corrected chi connectivity index (χ3v) is 4.68. The van der Waals surface area contributed by atoms with E-state index in [9.17, 15) is 0 Å². The van der Waals surface area contributed by atoms with Gasteiger partial charge in [-0.2, -0.15) is 5.10 Å². The molecule has 1 unspecified atom stereocenters. The van der Waals surface area contributed by atoms with Gasteiger partial charge in [-0.05, 0) is 19.4 Å². The van der Waals surface area contributed by atoms with Crippen LogP contribution in [0.4, 0.5) is 0 Å². The Morgan fingerprint density at radius 2 is 1.56 bits per heavy atom. The van der Waals surface area contributed by atoms with Crippen molar-refractivity contribution < 1.29 is 0 Å². The Morgan fingerprint density at radius 1 is 0.920 bits per heavy atom. The maximum atomic E-state index is 4.78. The van der Waals surface area contributed by atoms with E-state index in [2.05, 4.69) is 62.5 Å². The highest BCUT2D eigenvalue weighted by molar-refractivity contribution is 7.07. The van der Waals surface area contributed by atoms with E-state index in [-0.39, 0.29) is 12.0 Å². The number of nitrogens with zero attached hydrogens (tertiary/aromatic N) is 3. The fraction of sp³-hybridized carbons (Fsp3) is 0.238. The van der Waals surface area contributed by atoms with E-state index in [0.29, 0.717) is 0 Å². The topological polar surface area (TPSA) is 29.6 Å². The first kappa shape index (κ1) is 17.4. The van der Waals surface area contributed by atoms with Crippen LogP contribution in [0.5, 0.6) is 0 Å². The first-order valence-corrected chi connectivity index (χ1v) is 9.42. The molecule has 0 aliphatic heterocycles. The lowest BCUT2D eigenvalue weighted by atomic mass is 10.0. The molecule has 25 heavy (non-hydrogen) atoms. The van der Waals surface area contributed by atoms with Crippen LogP contribution in [-0.4, -0.2) is 16.9 Å². The fourth-order valence-electron chi connectivity index (χ4n) is 2.54. The molecule has 1 aromatic heterocycles. The highest BCUT2D eigenvalue weighted by atomic mass is 32.1. The Labute approximate surface area is 153 Å². The summed E-state index contributed by atoms with van der Waals surface area (Å²) in [6.45, 7) is 6.33. The number of aromatic nitrogens is 1. The van der Waals surface area contributed by atoms with Gasteiger partial charge >= 0.3 is 0 Å². The maximum absolute atomic E-state index is 4.78. The number of benzene rings is 2. The molecule has 0 fully saturated rings. The quantitative estimate of drug-likeness (QED) is 0.569. The van der Waals surface area contributed by atoms with Crippen LogP contribution in [0.2, 0.25) is 0 Å². The van der Waals surface area contributed by atoms with Crippen LogP contribution in [0, 0.1) is 0 Å². The molecule has 3 rings (SSSR count). The van der Waals surface area contributed by atoms with Crippen molar-refractivity contribution in [3.05, 3.63) is 76.4 Å². The number of hydrogen-bond donors (Lipinski definition) is 0. The van der Waals surface area contributed by atoms with Crippen molar-refractivity contribution in [2.75, 3.05) is 0 Å². The molecule has 0 aliphatic carbocycles. The van der Waals surface area contributed by atoms with Gasteiger partial charge in [0.2, 0.25) is 4.80 Å². The molecule has 0 N–H and O–H groups in total. The summed E-state index contributed by atoms with van der Waals surface area (Å²) in [7, 11) is 0. The van der Waals surface area contributed by atoms with Gasteiger partial charge in [-0.1, -0.05) is 67.6 Å². The van der Waals surface area contributed by atoms with Gasteiger partial charge in [0.15, 0.2) is 0 Å². The molecule has 4 heteroatoms. The van der Waals surface area contributed by atoms with Crippen molar-refractivity contribution in [2.45, 2.75) is 32.7 Å². The number of hydrogen-bond acceptors (Lipinski definition) is 3. The molecular formula is C21H23N3S. The lowest BCUT2D eigenvalue weighted by Gasteiger charge is -2.07. The first-order chi connectivity index (χ1) is 12.1. The second kappa shape index (κ2) is 8.08. The highest BCUT2D eigenvalue weighted by Gasteiger charge is 2.08. The van der Waals surface area contributed by atoms with E-state index in [1.54, 1.807) is 11.3 Å². The van der Waals surface area contributed by atoms with Crippen LogP contribution in [0.3, 0.4) is 0 Å². The van der Waals surface area contributed by atoms with Gasteiger partial charge in [-0.3, -0.25) is 4.99 Å². The Morgan fingerprint density at radius 3 is 2.20 bits per heavy atom. The van der Waals surface area contributed by atoms with Gasteiger partial charge in [0, 0.05) is 29.1 Å². The van der Waals surface area contributed by atoms with Crippen LogP contribution in [0.1, 0.15) is 32.3 Å². The lowest BCUT2D eigenvalue weighted by Crippen LogP contribution is -2.15. The van der Waals surface area contributed by atoms with Crippen molar-refractivity contribution in [3.8, 4) is 11.3 Å². The third kappa shape index (κ3) is 4.34. The molecule has 0 bridgehead atoms. The summed E-state index contributed by atoms with van der Waals surface area (Å²) in [5, 5.41) is 6.91. The molecule has 1 heterocycles. The third-order valence-electron chi connectivity index (χ3n) is 3.85. The van der Waals surface area contributed by atoms with E-state index in [4.69, 9.17) is 10.1 Å². The zero-order valence-electron chi connectivity index (χ0n) is 14.8. The van der Waals surface area contributed by atoms with Crippen LogP contribution in [-0.2, 0) is 0 Å². The molecule has 1 atom stereocenters. The summed E-state index contributed by atoms with van der Waals surface area (Å²) in [5.41, 5.74) is 3.47. The average Bonchev–Trinajstić information content (AvgIpc) is 3.03. The summed E-state index contributed by atoms with van der Waals surface area (Å²) in [4.78, 5) is 5.65. The van der Waals surface area contributed by atoms with Gasteiger partial charge in [-0.15, -0.1) is 11.3 Å². The molecule has 0 saturated carbocycles. The highest BCUT2D eigenvalue weighted by Crippen LogP contribution is 2.20. The summed E-state index contributed by atoms with van der Waals surface area (Å²) in [5.74, 6) is 0.240. The number of thiazole rings is 1. The SMILES string of the molecule is CC(C)N=c1scc(-c2ccccc2)n1N=CC(C)c1ccccc1. The van der Waals surface area contributed by atoms with E-state index in [1.807, 2.05) is 35.2 Å². The maximum Gasteiger partial charge on any atom is 0.206 e. The smallest absolute Gasteiger partial charge is 0.206 e. The van der Waals surface area contributed by atoms with E-state index in [0.717, 1.165) is 16.1 Å². The van der Waals surface area contributed by atoms with Gasteiger partial charge in [0.05, 0.1) is 5.69 Å². The van der Waals surface area contributed by atoms with Gasteiger partial charge in [-0.25, -0.2) is 4.68 Å². The molecule has 0 amide bonds. The van der Waals surface area contributed by atoms with E-state index < -0.39 is 0 Å². The van der Waals surface area contributed by atoms with Crippen LogP contribution in [0.15, 0.2) is 76.1 Å². The first-order valence-electron chi connectivity index (χ1n) is 8.54. The van der Waals surface area contributed by atoms with Crippen LogP contribution >= 0.6 is 11.3 Å². The minimum Gasteiger partial charge on any atom is -0.255 e. The van der Waals surface area contributed by atoms with Gasteiger partial charge in [0.25, 0.3) is 0 Å². The molecule has 0 spiro atoms. The number of rotatable bonds is 5. The van der Waals surface area contributed by atoms with Crippen molar-refractivity contribution in [2.24, 2.45) is 10.1 Å². The molecule has 128 valence electrons. The second-order valence-corrected chi connectivity index (χ2v) is 7.10. The van der Waals surface area contributed by atoms with E-state index in [1.165, 1.54) is 5.56 Å². The average molecular weight is 350 g/mol. The predicted octanol–water partition coefficient (Wildman–Crippen LogP) is 5.16. The minimum absolute atomic E-state index is 0.232. The summed E-state index contributed by atoms with van der Waals surface area (Å²) < 4.78 is 1.96. The zero-order chi connectivity index (χ0) is 17.6. The zero-order valence-corrected chi connectivity index (χ0v) is 15.6. The molecular weight excluding hydrogens is 326 g/mol. The molecule has 3 aromatic rings. The Bertz CT molecular complexity index is 890. The molecule has 2 aromatic carbocycles. The normalized spacial score (nSPS) is 13.7. The minimum atomic E-state index is 0.232. The predicted molar refractivity (Wildman–Crippen MR) is 107 cm³/mol. The molecule has 3 nitrogen and oxygen atoms in total. The van der Waals surface area contributed by atoms with Gasteiger partial charge in [0.1, 0.15) is 0 Å². The van der Waals surface area contributed by atoms with Crippen LogP contribution < -0.4 is 4.80 Å². The standard InChI is InChI=1S/C21H23N3S/c1-16(2)23-21-24(20(15-25-21)19-12-8-5-9-13-19)22-14-17(3)18-10-6-4-7-11-18/h4-17H,1-3H3. The van der Waals surface area contributed by atoms with Crippen molar-refractivity contribution in [1.29, 1.82) is 0 Å². The molecule has 0 radical (unpaired) electrons. The van der Waals surface area contributed by atoms with Crippen LogP contribution in [0.25, 0.3) is 11.3 Å². The van der Waals surface area contributed by atoms with Crippen molar-refractivity contribution >= 4 is 17.6 Å². The Kier molecular flexibility index (Phi) is 5.61.